The highest BCUT2D eigenvalue weighted by molar-refractivity contribution is 5.95. The number of hydrogen-bond acceptors (Lipinski definition) is 5. The van der Waals surface area contributed by atoms with Crippen molar-refractivity contribution < 1.29 is 14.3 Å². The summed E-state index contributed by atoms with van der Waals surface area (Å²) in [5.41, 5.74) is 1.54. The minimum Gasteiger partial charge on any atom is -0.466 e. The number of carbonyl (C=O) groups is 2. The molecule has 2 aromatic carbocycles. The third kappa shape index (κ3) is 6.44. The van der Waals surface area contributed by atoms with Gasteiger partial charge in [0.2, 0.25) is 0 Å². The van der Waals surface area contributed by atoms with Crippen molar-refractivity contribution >= 4 is 11.8 Å². The fourth-order valence-corrected chi connectivity index (χ4v) is 4.17. The molecule has 0 atom stereocenters. The third-order valence-electron chi connectivity index (χ3n) is 5.83. The van der Waals surface area contributed by atoms with Crippen LogP contribution >= 0.6 is 0 Å². The summed E-state index contributed by atoms with van der Waals surface area (Å²) in [5, 5.41) is 0. The van der Waals surface area contributed by atoms with Gasteiger partial charge in [-0.3, -0.25) is 23.5 Å². The molecule has 1 heterocycles. The van der Waals surface area contributed by atoms with Crippen LogP contribution in [-0.2, 0) is 29.0 Å². The SMILES string of the molecule is CCOC(=O)CCCn1c(Cc2ccccc2)c(C(C)C)c(=O)n(CC(=O)c2ccccc2)c1=O. The van der Waals surface area contributed by atoms with E-state index < -0.39 is 11.2 Å². The highest BCUT2D eigenvalue weighted by atomic mass is 16.5. The summed E-state index contributed by atoms with van der Waals surface area (Å²) in [6.07, 6.45) is 0.929. The Morgan fingerprint density at radius 3 is 2.14 bits per heavy atom. The van der Waals surface area contributed by atoms with E-state index in [1.54, 1.807) is 41.8 Å². The number of rotatable bonds is 11. The summed E-state index contributed by atoms with van der Waals surface area (Å²) in [4.78, 5) is 51.9. The quantitative estimate of drug-likeness (QED) is 0.309. The average Bonchev–Trinajstić information content (AvgIpc) is 2.84. The van der Waals surface area contributed by atoms with Crippen LogP contribution in [0, 0.1) is 0 Å². The molecule has 184 valence electrons. The van der Waals surface area contributed by atoms with Crippen molar-refractivity contribution in [2.24, 2.45) is 0 Å². The Bertz CT molecular complexity index is 1270. The van der Waals surface area contributed by atoms with Crippen molar-refractivity contribution in [3.8, 4) is 0 Å². The first-order valence-corrected chi connectivity index (χ1v) is 12.0. The Hall–Kier alpha value is -3.74. The lowest BCUT2D eigenvalue weighted by atomic mass is 9.97. The molecule has 0 fully saturated rings. The van der Waals surface area contributed by atoms with Crippen LogP contribution < -0.4 is 11.2 Å². The molecule has 0 aliphatic rings. The molecule has 0 aliphatic carbocycles. The summed E-state index contributed by atoms with van der Waals surface area (Å²) >= 11 is 0. The Morgan fingerprint density at radius 1 is 0.914 bits per heavy atom. The van der Waals surface area contributed by atoms with Crippen LogP contribution in [0.3, 0.4) is 0 Å². The highest BCUT2D eigenvalue weighted by Gasteiger charge is 2.23. The Kier molecular flexibility index (Phi) is 8.95. The van der Waals surface area contributed by atoms with E-state index >= 15 is 0 Å². The number of ether oxygens (including phenoxy) is 1. The summed E-state index contributed by atoms with van der Waals surface area (Å²) in [6.45, 7) is 5.74. The molecule has 0 aliphatic heterocycles. The van der Waals surface area contributed by atoms with E-state index in [2.05, 4.69) is 0 Å². The number of esters is 1. The van der Waals surface area contributed by atoms with Gasteiger partial charge in [0, 0.05) is 36.2 Å². The van der Waals surface area contributed by atoms with E-state index in [-0.39, 0.29) is 37.2 Å². The first kappa shape index (κ1) is 25.9. The predicted molar refractivity (Wildman–Crippen MR) is 135 cm³/mol. The van der Waals surface area contributed by atoms with Crippen molar-refractivity contribution in [1.82, 2.24) is 9.13 Å². The van der Waals surface area contributed by atoms with E-state index in [0.29, 0.717) is 36.3 Å². The molecule has 0 saturated heterocycles. The van der Waals surface area contributed by atoms with Crippen LogP contribution in [0.4, 0.5) is 0 Å². The van der Waals surface area contributed by atoms with E-state index in [0.717, 1.165) is 10.1 Å². The Labute approximate surface area is 205 Å². The number of nitrogens with zero attached hydrogens (tertiary/aromatic N) is 2. The first-order chi connectivity index (χ1) is 16.8. The lowest BCUT2D eigenvalue weighted by Crippen LogP contribution is -2.45. The minimum atomic E-state index is -0.543. The average molecular weight is 477 g/mol. The molecular weight excluding hydrogens is 444 g/mol. The van der Waals surface area contributed by atoms with E-state index in [9.17, 15) is 19.2 Å². The number of benzene rings is 2. The molecule has 3 aromatic rings. The van der Waals surface area contributed by atoms with Crippen LogP contribution in [-0.4, -0.2) is 27.5 Å². The van der Waals surface area contributed by atoms with Gasteiger partial charge in [-0.15, -0.1) is 0 Å². The monoisotopic (exact) mass is 476 g/mol. The fourth-order valence-electron chi connectivity index (χ4n) is 4.17. The van der Waals surface area contributed by atoms with Gasteiger partial charge in [-0.1, -0.05) is 74.5 Å². The minimum absolute atomic E-state index is 0.157. The molecule has 0 N–H and O–H groups in total. The summed E-state index contributed by atoms with van der Waals surface area (Å²) < 4.78 is 7.60. The predicted octanol–water partition coefficient (Wildman–Crippen LogP) is 3.95. The maximum Gasteiger partial charge on any atom is 0.331 e. The largest absolute Gasteiger partial charge is 0.466 e. The molecule has 0 bridgehead atoms. The van der Waals surface area contributed by atoms with Gasteiger partial charge in [-0.05, 0) is 24.8 Å². The molecule has 1 aromatic heterocycles. The fraction of sp³-hybridized carbons (Fsp3) is 0.357. The zero-order valence-corrected chi connectivity index (χ0v) is 20.5. The van der Waals surface area contributed by atoms with Gasteiger partial charge in [-0.2, -0.15) is 0 Å². The molecule has 0 spiro atoms. The Balaban J connectivity index is 2.10. The molecule has 0 radical (unpaired) electrons. The standard InChI is InChI=1S/C28H32N2O5/c1-4-35-25(32)16-11-17-29-23(18-21-12-7-5-8-13-21)26(20(2)3)27(33)30(28(29)34)19-24(31)22-14-9-6-10-15-22/h5-10,12-15,20H,4,11,16-19H2,1-3H3. The van der Waals surface area contributed by atoms with Gasteiger partial charge < -0.3 is 4.74 Å². The Morgan fingerprint density at radius 2 is 1.54 bits per heavy atom. The van der Waals surface area contributed by atoms with Crippen molar-refractivity contribution in [3.63, 3.8) is 0 Å². The number of ketones is 1. The van der Waals surface area contributed by atoms with Gasteiger partial charge in [-0.25, -0.2) is 4.79 Å². The number of Topliss-reactive ketones (excluding diaryl/α,β-unsaturated/α-hetero) is 1. The number of aromatic nitrogens is 2. The van der Waals surface area contributed by atoms with Crippen LogP contribution in [0.5, 0.6) is 0 Å². The van der Waals surface area contributed by atoms with Gasteiger partial charge in [0.15, 0.2) is 5.78 Å². The van der Waals surface area contributed by atoms with E-state index in [1.807, 2.05) is 44.2 Å². The van der Waals surface area contributed by atoms with Crippen LogP contribution in [0.1, 0.15) is 66.7 Å². The van der Waals surface area contributed by atoms with Gasteiger partial charge in [0.1, 0.15) is 0 Å². The van der Waals surface area contributed by atoms with E-state index in [4.69, 9.17) is 4.74 Å². The molecular formula is C28H32N2O5. The maximum absolute atomic E-state index is 13.6. The van der Waals surface area contributed by atoms with Gasteiger partial charge in [0.05, 0.1) is 13.2 Å². The molecule has 0 saturated carbocycles. The van der Waals surface area contributed by atoms with E-state index in [1.165, 1.54) is 0 Å². The molecule has 35 heavy (non-hydrogen) atoms. The lowest BCUT2D eigenvalue weighted by molar-refractivity contribution is -0.143. The topological polar surface area (TPSA) is 87.4 Å². The summed E-state index contributed by atoms with van der Waals surface area (Å²) in [7, 11) is 0. The van der Waals surface area contributed by atoms with Gasteiger partial charge in [0.25, 0.3) is 5.56 Å². The molecule has 0 unspecified atom stereocenters. The van der Waals surface area contributed by atoms with Crippen LogP contribution in [0.15, 0.2) is 70.3 Å². The molecule has 3 rings (SSSR count). The van der Waals surface area contributed by atoms with Crippen LogP contribution in [0.25, 0.3) is 0 Å². The smallest absolute Gasteiger partial charge is 0.331 e. The lowest BCUT2D eigenvalue weighted by Gasteiger charge is -2.21. The second-order valence-corrected chi connectivity index (χ2v) is 8.70. The molecule has 7 nitrogen and oxygen atoms in total. The number of hydrogen-bond donors (Lipinski definition) is 0. The maximum atomic E-state index is 13.6. The zero-order valence-electron chi connectivity index (χ0n) is 20.5. The van der Waals surface area contributed by atoms with Crippen molar-refractivity contribution in [3.05, 3.63) is 104 Å². The summed E-state index contributed by atoms with van der Waals surface area (Å²) in [5.74, 6) is -0.814. The summed E-state index contributed by atoms with van der Waals surface area (Å²) in [6, 6.07) is 18.2. The molecule has 7 heteroatoms. The second kappa shape index (κ2) is 12.1. The highest BCUT2D eigenvalue weighted by Crippen LogP contribution is 2.19. The van der Waals surface area contributed by atoms with Crippen LogP contribution in [0.2, 0.25) is 0 Å². The van der Waals surface area contributed by atoms with Crippen molar-refractivity contribution in [1.29, 1.82) is 0 Å². The second-order valence-electron chi connectivity index (χ2n) is 8.70. The van der Waals surface area contributed by atoms with Gasteiger partial charge >= 0.3 is 11.7 Å². The number of carbonyl (C=O) groups excluding carboxylic acids is 2. The van der Waals surface area contributed by atoms with Crippen molar-refractivity contribution in [2.45, 2.75) is 59.0 Å². The zero-order chi connectivity index (χ0) is 25.4. The normalized spacial score (nSPS) is 11.0. The third-order valence-corrected chi connectivity index (χ3v) is 5.83. The molecule has 0 amide bonds. The van der Waals surface area contributed by atoms with Crippen molar-refractivity contribution in [2.75, 3.05) is 6.61 Å². The first-order valence-electron chi connectivity index (χ1n) is 12.0.